The third-order valence-corrected chi connectivity index (χ3v) is 5.77. The highest BCUT2D eigenvalue weighted by molar-refractivity contribution is 5.83. The summed E-state index contributed by atoms with van der Waals surface area (Å²) in [5.41, 5.74) is 0.0799. The summed E-state index contributed by atoms with van der Waals surface area (Å²) in [5, 5.41) is 7.91. The van der Waals surface area contributed by atoms with Gasteiger partial charge in [0.05, 0.1) is 7.11 Å². The summed E-state index contributed by atoms with van der Waals surface area (Å²) in [5.74, 6) is 1.17. The van der Waals surface area contributed by atoms with E-state index < -0.39 is 5.60 Å². The summed E-state index contributed by atoms with van der Waals surface area (Å²) in [6.45, 7) is 7.32. The molecule has 5 nitrogen and oxygen atoms in total. The number of amides is 1. The monoisotopic (exact) mass is 308 g/mol. The molecule has 0 atom stereocenters. The first kappa shape index (κ1) is 15.6. The summed E-state index contributed by atoms with van der Waals surface area (Å²) in [7, 11) is 1.61. The highest BCUT2D eigenvalue weighted by Gasteiger charge is 2.72. The SMILES string of the molecule is COC(=N)C12CC(C3CCN(C(=O)OC(C)(C)C)CC3)(C1)C2. The van der Waals surface area contributed by atoms with Crippen molar-refractivity contribution < 1.29 is 14.3 Å². The van der Waals surface area contributed by atoms with Crippen LogP contribution in [-0.2, 0) is 9.47 Å². The summed E-state index contributed by atoms with van der Waals surface area (Å²) < 4.78 is 10.6. The molecule has 4 fully saturated rings. The minimum atomic E-state index is -0.422. The van der Waals surface area contributed by atoms with E-state index >= 15 is 0 Å². The van der Waals surface area contributed by atoms with Gasteiger partial charge in [0.2, 0.25) is 0 Å². The van der Waals surface area contributed by atoms with E-state index in [1.165, 1.54) is 0 Å². The molecule has 0 radical (unpaired) electrons. The molecule has 1 N–H and O–H groups in total. The van der Waals surface area contributed by atoms with Crippen LogP contribution in [0, 0.1) is 22.2 Å². The topological polar surface area (TPSA) is 62.6 Å². The predicted octanol–water partition coefficient (Wildman–Crippen LogP) is 3.43. The number of methoxy groups -OCH3 is 1. The maximum Gasteiger partial charge on any atom is 0.410 e. The maximum absolute atomic E-state index is 12.1. The molecule has 1 amide bonds. The maximum atomic E-state index is 12.1. The first-order chi connectivity index (χ1) is 10.2. The molecule has 2 bridgehead atoms. The third kappa shape index (κ3) is 2.38. The number of hydrogen-bond donors (Lipinski definition) is 1. The van der Waals surface area contributed by atoms with Crippen LogP contribution in [0.3, 0.4) is 0 Å². The van der Waals surface area contributed by atoms with Gasteiger partial charge in [0, 0.05) is 18.5 Å². The Morgan fingerprint density at radius 2 is 1.73 bits per heavy atom. The van der Waals surface area contributed by atoms with E-state index in [0.717, 1.165) is 45.2 Å². The van der Waals surface area contributed by atoms with Crippen molar-refractivity contribution in [2.45, 2.75) is 58.5 Å². The number of ether oxygens (including phenoxy) is 2. The van der Waals surface area contributed by atoms with Gasteiger partial charge in [-0.1, -0.05) is 0 Å². The van der Waals surface area contributed by atoms with E-state index in [-0.39, 0.29) is 11.5 Å². The molecular weight excluding hydrogens is 280 g/mol. The van der Waals surface area contributed by atoms with Crippen molar-refractivity contribution in [1.82, 2.24) is 4.90 Å². The Bertz CT molecular complexity index is 467. The molecule has 4 aliphatic rings. The first-order valence-corrected chi connectivity index (χ1v) is 8.31. The largest absolute Gasteiger partial charge is 0.484 e. The van der Waals surface area contributed by atoms with Gasteiger partial charge in [-0.25, -0.2) is 4.79 Å². The van der Waals surface area contributed by atoms with Crippen molar-refractivity contribution >= 4 is 12.0 Å². The highest BCUT2D eigenvalue weighted by Crippen LogP contribution is 2.77. The van der Waals surface area contributed by atoms with Crippen molar-refractivity contribution in [3.8, 4) is 0 Å². The molecule has 22 heavy (non-hydrogen) atoms. The second-order valence-electron chi connectivity index (χ2n) is 8.45. The molecule has 0 aromatic heterocycles. The number of likely N-dealkylation sites (tertiary alicyclic amines) is 1. The molecule has 124 valence electrons. The Morgan fingerprint density at radius 1 is 1.18 bits per heavy atom. The molecule has 3 aliphatic carbocycles. The van der Waals surface area contributed by atoms with Gasteiger partial charge in [-0.15, -0.1) is 0 Å². The average Bonchev–Trinajstić information content (AvgIpc) is 2.34. The lowest BCUT2D eigenvalue weighted by Gasteiger charge is -2.73. The average molecular weight is 308 g/mol. The van der Waals surface area contributed by atoms with Gasteiger partial charge < -0.3 is 14.4 Å². The zero-order valence-corrected chi connectivity index (χ0v) is 14.2. The van der Waals surface area contributed by atoms with Crippen molar-refractivity contribution in [2.24, 2.45) is 16.7 Å². The van der Waals surface area contributed by atoms with Crippen molar-refractivity contribution in [3.63, 3.8) is 0 Å². The standard InChI is InChI=1S/C17H28N2O3/c1-15(2,3)22-14(20)19-7-5-12(6-8-19)16-9-17(10-16,11-16)13(18)21-4/h12,18H,5-11H2,1-4H3. The molecule has 4 rings (SSSR count). The number of nitrogens with zero attached hydrogens (tertiary/aromatic N) is 1. The van der Waals surface area contributed by atoms with E-state index in [4.69, 9.17) is 14.9 Å². The number of piperidine rings is 1. The Labute approximate surface area is 132 Å². The van der Waals surface area contributed by atoms with Crippen LogP contribution in [0.15, 0.2) is 0 Å². The van der Waals surface area contributed by atoms with Crippen LogP contribution in [0.5, 0.6) is 0 Å². The van der Waals surface area contributed by atoms with Gasteiger partial charge >= 0.3 is 6.09 Å². The van der Waals surface area contributed by atoms with E-state index in [0.29, 0.717) is 17.2 Å². The Kier molecular flexibility index (Phi) is 3.46. The minimum absolute atomic E-state index is 0.0665. The summed E-state index contributed by atoms with van der Waals surface area (Å²) >= 11 is 0. The quantitative estimate of drug-likeness (QED) is 0.628. The summed E-state index contributed by atoms with van der Waals surface area (Å²) in [6.07, 6.45) is 5.30. The van der Waals surface area contributed by atoms with Crippen molar-refractivity contribution in [3.05, 3.63) is 0 Å². The second kappa shape index (κ2) is 4.87. The fourth-order valence-electron chi connectivity index (χ4n) is 4.76. The van der Waals surface area contributed by atoms with Crippen LogP contribution < -0.4 is 0 Å². The smallest absolute Gasteiger partial charge is 0.410 e. The minimum Gasteiger partial charge on any atom is -0.484 e. The fourth-order valence-corrected chi connectivity index (χ4v) is 4.76. The summed E-state index contributed by atoms with van der Waals surface area (Å²) in [6, 6.07) is 0. The van der Waals surface area contributed by atoms with Gasteiger partial charge in [0.1, 0.15) is 5.60 Å². The van der Waals surface area contributed by atoms with E-state index in [1.807, 2.05) is 25.7 Å². The number of carbonyl (C=O) groups excluding carboxylic acids is 1. The van der Waals surface area contributed by atoms with Crippen LogP contribution in [0.2, 0.25) is 0 Å². The zero-order valence-electron chi connectivity index (χ0n) is 14.2. The van der Waals surface area contributed by atoms with Crippen LogP contribution in [0.1, 0.15) is 52.9 Å². The van der Waals surface area contributed by atoms with Gasteiger partial charge in [-0.2, -0.15) is 0 Å². The van der Waals surface area contributed by atoms with E-state index in [9.17, 15) is 4.79 Å². The molecule has 5 heteroatoms. The molecule has 1 saturated heterocycles. The van der Waals surface area contributed by atoms with Crippen LogP contribution in [0.25, 0.3) is 0 Å². The Balaban J connectivity index is 1.48. The molecular formula is C17H28N2O3. The number of rotatable bonds is 2. The summed E-state index contributed by atoms with van der Waals surface area (Å²) in [4.78, 5) is 13.9. The molecule has 1 heterocycles. The first-order valence-electron chi connectivity index (χ1n) is 8.31. The predicted molar refractivity (Wildman–Crippen MR) is 84.0 cm³/mol. The van der Waals surface area contributed by atoms with Gasteiger partial charge in [-0.05, 0) is 64.2 Å². The van der Waals surface area contributed by atoms with Gasteiger partial charge in [0.15, 0.2) is 5.90 Å². The zero-order chi connectivity index (χ0) is 16.2. The molecule has 1 aliphatic heterocycles. The van der Waals surface area contributed by atoms with Gasteiger partial charge in [0.25, 0.3) is 0 Å². The van der Waals surface area contributed by atoms with E-state index in [2.05, 4.69) is 0 Å². The molecule has 0 aromatic carbocycles. The molecule has 0 spiro atoms. The second-order valence-corrected chi connectivity index (χ2v) is 8.45. The number of nitrogens with one attached hydrogen (secondary N) is 1. The molecule has 3 saturated carbocycles. The lowest BCUT2D eigenvalue weighted by molar-refractivity contribution is -0.208. The van der Waals surface area contributed by atoms with Crippen molar-refractivity contribution in [1.29, 1.82) is 5.41 Å². The number of hydrogen-bond acceptors (Lipinski definition) is 4. The molecule has 0 aromatic rings. The molecule has 0 unspecified atom stereocenters. The van der Waals surface area contributed by atoms with Crippen molar-refractivity contribution in [2.75, 3.05) is 20.2 Å². The van der Waals surface area contributed by atoms with Crippen LogP contribution in [-0.4, -0.2) is 42.7 Å². The Morgan fingerprint density at radius 3 is 2.18 bits per heavy atom. The lowest BCUT2D eigenvalue weighted by atomic mass is 9.31. The van der Waals surface area contributed by atoms with Gasteiger partial charge in [-0.3, -0.25) is 5.41 Å². The number of carbonyl (C=O) groups is 1. The fraction of sp³-hybridized carbons (Fsp3) is 0.882. The van der Waals surface area contributed by atoms with Crippen LogP contribution in [0.4, 0.5) is 4.79 Å². The van der Waals surface area contributed by atoms with E-state index in [1.54, 1.807) is 7.11 Å². The highest BCUT2D eigenvalue weighted by atomic mass is 16.6. The lowest BCUT2D eigenvalue weighted by Crippen LogP contribution is -2.69. The normalized spacial score (nSPS) is 34.5. The third-order valence-electron chi connectivity index (χ3n) is 5.77. The Hall–Kier alpha value is -1.26. The van der Waals surface area contributed by atoms with Crippen LogP contribution >= 0.6 is 0 Å².